The maximum Gasteiger partial charge on any atom is 0.409 e. The second-order valence-corrected chi connectivity index (χ2v) is 5.01. The number of benzene rings is 1. The first-order valence-corrected chi connectivity index (χ1v) is 6.90. The summed E-state index contributed by atoms with van der Waals surface area (Å²) in [5.74, 6) is 0.635. The van der Waals surface area contributed by atoms with Gasteiger partial charge in [0.25, 0.3) is 0 Å². The number of carbonyl (C=O) groups is 2. The first kappa shape index (κ1) is 15.2. The first-order chi connectivity index (χ1) is 10.1. The van der Waals surface area contributed by atoms with Gasteiger partial charge in [-0.15, -0.1) is 0 Å². The summed E-state index contributed by atoms with van der Waals surface area (Å²) in [5, 5.41) is 2.83. The molecule has 0 aliphatic carbocycles. The van der Waals surface area contributed by atoms with Gasteiger partial charge in [0.1, 0.15) is 11.9 Å². The lowest BCUT2D eigenvalue weighted by Crippen LogP contribution is -2.29. The zero-order valence-corrected chi connectivity index (χ0v) is 12.3. The topological polar surface area (TPSA) is 67.9 Å². The fraction of sp³-hybridized carbons (Fsp3) is 0.467. The lowest BCUT2D eigenvalue weighted by molar-refractivity contribution is -0.120. The summed E-state index contributed by atoms with van der Waals surface area (Å²) in [7, 11) is 3.28. The normalized spacial score (nSPS) is 17.5. The van der Waals surface area contributed by atoms with Gasteiger partial charge in [0, 0.05) is 25.6 Å². The molecule has 2 rings (SSSR count). The molecule has 0 bridgehead atoms. The number of nitrogens with one attached hydrogen (secondary N) is 1. The van der Waals surface area contributed by atoms with Gasteiger partial charge in [-0.25, -0.2) is 4.79 Å². The third kappa shape index (κ3) is 4.11. The maximum absolute atomic E-state index is 11.9. The summed E-state index contributed by atoms with van der Waals surface area (Å²) in [4.78, 5) is 24.6. The molecule has 1 aromatic carbocycles. The summed E-state index contributed by atoms with van der Waals surface area (Å²) in [6, 6.07) is 7.44. The monoisotopic (exact) mass is 292 g/mol. The molecule has 1 atom stereocenters. The zero-order valence-electron chi connectivity index (χ0n) is 12.3. The molecule has 0 aromatic heterocycles. The molecule has 6 nitrogen and oxygen atoms in total. The standard InChI is InChI=1S/C15H20N2O4/c1-17-10-12(21-15(17)19)7-8-16-14(18)9-11-5-3-4-6-13(11)20-2/h3-6,12H,7-10H2,1-2H3,(H,16,18). The predicted molar refractivity (Wildman–Crippen MR) is 77.2 cm³/mol. The Morgan fingerprint density at radius 1 is 1.48 bits per heavy atom. The van der Waals surface area contributed by atoms with Crippen molar-refractivity contribution in [2.24, 2.45) is 0 Å². The van der Waals surface area contributed by atoms with Gasteiger partial charge < -0.3 is 19.7 Å². The van der Waals surface area contributed by atoms with E-state index in [1.165, 1.54) is 4.90 Å². The minimum atomic E-state index is -0.305. The Balaban J connectivity index is 1.74. The minimum Gasteiger partial charge on any atom is -0.496 e. The molecule has 1 heterocycles. The molecule has 0 spiro atoms. The number of cyclic esters (lactones) is 1. The Morgan fingerprint density at radius 3 is 2.90 bits per heavy atom. The van der Waals surface area contributed by atoms with E-state index >= 15 is 0 Å². The third-order valence-corrected chi connectivity index (χ3v) is 3.39. The second kappa shape index (κ2) is 6.97. The molecule has 1 saturated heterocycles. The van der Waals surface area contributed by atoms with Crippen molar-refractivity contribution in [1.82, 2.24) is 10.2 Å². The van der Waals surface area contributed by atoms with E-state index in [-0.39, 0.29) is 24.5 Å². The number of carbonyl (C=O) groups excluding carboxylic acids is 2. The van der Waals surface area contributed by atoms with Crippen molar-refractivity contribution in [3.05, 3.63) is 29.8 Å². The number of hydrogen-bond donors (Lipinski definition) is 1. The Hall–Kier alpha value is -2.24. The van der Waals surface area contributed by atoms with Crippen molar-refractivity contribution in [3.63, 3.8) is 0 Å². The fourth-order valence-corrected chi connectivity index (χ4v) is 2.26. The average molecular weight is 292 g/mol. The van der Waals surface area contributed by atoms with E-state index < -0.39 is 0 Å². The lowest BCUT2D eigenvalue weighted by atomic mass is 10.1. The largest absolute Gasteiger partial charge is 0.496 e. The number of rotatable bonds is 6. The summed E-state index contributed by atoms with van der Waals surface area (Å²) < 4.78 is 10.3. The van der Waals surface area contributed by atoms with Crippen molar-refractivity contribution in [1.29, 1.82) is 0 Å². The van der Waals surface area contributed by atoms with Crippen molar-refractivity contribution in [2.75, 3.05) is 27.2 Å². The van der Waals surface area contributed by atoms with Crippen molar-refractivity contribution in [2.45, 2.75) is 18.9 Å². The number of para-hydroxylation sites is 1. The SMILES string of the molecule is COc1ccccc1CC(=O)NCCC1CN(C)C(=O)O1. The van der Waals surface area contributed by atoms with Crippen molar-refractivity contribution < 1.29 is 19.1 Å². The van der Waals surface area contributed by atoms with Crippen LogP contribution in [0.5, 0.6) is 5.75 Å². The van der Waals surface area contributed by atoms with Crippen LogP contribution in [0.25, 0.3) is 0 Å². The zero-order chi connectivity index (χ0) is 15.2. The second-order valence-electron chi connectivity index (χ2n) is 5.01. The molecule has 114 valence electrons. The lowest BCUT2D eigenvalue weighted by Gasteiger charge is -2.10. The van der Waals surface area contributed by atoms with Crippen LogP contribution in [0.15, 0.2) is 24.3 Å². The number of ether oxygens (including phenoxy) is 2. The van der Waals surface area contributed by atoms with Crippen molar-refractivity contribution in [3.8, 4) is 5.75 Å². The minimum absolute atomic E-state index is 0.0721. The molecule has 1 aliphatic heterocycles. The Morgan fingerprint density at radius 2 is 2.24 bits per heavy atom. The molecule has 1 N–H and O–H groups in total. The average Bonchev–Trinajstić information content (AvgIpc) is 2.78. The van der Waals surface area contributed by atoms with E-state index in [4.69, 9.17) is 9.47 Å². The molecule has 1 aliphatic rings. The fourth-order valence-electron chi connectivity index (χ4n) is 2.26. The highest BCUT2D eigenvalue weighted by molar-refractivity contribution is 5.79. The molecule has 6 heteroatoms. The van der Waals surface area contributed by atoms with Crippen LogP contribution in [0.1, 0.15) is 12.0 Å². The quantitative estimate of drug-likeness (QED) is 0.855. The van der Waals surface area contributed by atoms with Crippen molar-refractivity contribution >= 4 is 12.0 Å². The molecular formula is C15H20N2O4. The van der Waals surface area contributed by atoms with E-state index in [0.29, 0.717) is 25.3 Å². The van der Waals surface area contributed by atoms with Crippen LogP contribution in [-0.4, -0.2) is 50.3 Å². The van der Waals surface area contributed by atoms with Crippen LogP contribution in [0.4, 0.5) is 4.79 Å². The molecule has 21 heavy (non-hydrogen) atoms. The van der Waals surface area contributed by atoms with Gasteiger partial charge >= 0.3 is 6.09 Å². The molecule has 0 radical (unpaired) electrons. The van der Waals surface area contributed by atoms with Crippen LogP contribution in [-0.2, 0) is 16.0 Å². The van der Waals surface area contributed by atoms with Crippen LogP contribution >= 0.6 is 0 Å². The first-order valence-electron chi connectivity index (χ1n) is 6.90. The number of nitrogens with zero attached hydrogens (tertiary/aromatic N) is 1. The molecular weight excluding hydrogens is 272 g/mol. The van der Waals surface area contributed by atoms with Gasteiger partial charge in [-0.3, -0.25) is 4.79 Å². The smallest absolute Gasteiger partial charge is 0.409 e. The molecule has 1 fully saturated rings. The molecule has 1 aromatic rings. The van der Waals surface area contributed by atoms with E-state index in [2.05, 4.69) is 5.32 Å². The van der Waals surface area contributed by atoms with Gasteiger partial charge in [0.2, 0.25) is 5.91 Å². The Bertz CT molecular complexity index is 518. The number of hydrogen-bond acceptors (Lipinski definition) is 4. The Labute approximate surface area is 124 Å². The predicted octanol–water partition coefficient (Wildman–Crippen LogP) is 1.19. The summed E-state index contributed by atoms with van der Waals surface area (Å²) in [6.45, 7) is 1.06. The number of methoxy groups -OCH3 is 1. The van der Waals surface area contributed by atoms with Gasteiger partial charge in [0.05, 0.1) is 20.1 Å². The summed E-state index contributed by atoms with van der Waals surface area (Å²) in [6.07, 6.45) is 0.441. The van der Waals surface area contributed by atoms with E-state index in [1.807, 2.05) is 24.3 Å². The third-order valence-electron chi connectivity index (χ3n) is 3.39. The molecule has 0 saturated carbocycles. The summed E-state index contributed by atoms with van der Waals surface area (Å²) in [5.41, 5.74) is 0.851. The van der Waals surface area contributed by atoms with E-state index in [0.717, 1.165) is 5.56 Å². The van der Waals surface area contributed by atoms with Crippen LogP contribution in [0, 0.1) is 0 Å². The highest BCUT2D eigenvalue weighted by atomic mass is 16.6. The van der Waals surface area contributed by atoms with E-state index in [9.17, 15) is 9.59 Å². The van der Waals surface area contributed by atoms with Crippen LogP contribution < -0.4 is 10.1 Å². The summed E-state index contributed by atoms with van der Waals surface area (Å²) >= 11 is 0. The van der Waals surface area contributed by atoms with Crippen LogP contribution in [0.2, 0.25) is 0 Å². The maximum atomic E-state index is 11.9. The van der Waals surface area contributed by atoms with Gasteiger partial charge in [-0.05, 0) is 6.07 Å². The van der Waals surface area contributed by atoms with Crippen LogP contribution in [0.3, 0.4) is 0 Å². The van der Waals surface area contributed by atoms with Gasteiger partial charge in [-0.2, -0.15) is 0 Å². The van der Waals surface area contributed by atoms with Gasteiger partial charge in [0.15, 0.2) is 0 Å². The highest BCUT2D eigenvalue weighted by Gasteiger charge is 2.27. The van der Waals surface area contributed by atoms with E-state index in [1.54, 1.807) is 14.2 Å². The number of likely N-dealkylation sites (N-methyl/N-ethyl adjacent to an activating group) is 1. The highest BCUT2D eigenvalue weighted by Crippen LogP contribution is 2.17. The molecule has 1 unspecified atom stereocenters. The molecule has 2 amide bonds. The Kier molecular flexibility index (Phi) is 5.03. The van der Waals surface area contributed by atoms with Gasteiger partial charge in [-0.1, -0.05) is 18.2 Å². The number of amides is 2.